The monoisotopic (exact) mass is 424 g/mol. The second-order valence-electron chi connectivity index (χ2n) is 4.90. The summed E-state index contributed by atoms with van der Waals surface area (Å²) in [7, 11) is 2.88. The first kappa shape index (κ1) is 17.4. The summed E-state index contributed by atoms with van der Waals surface area (Å²) >= 11 is 4.42. The van der Waals surface area contributed by atoms with Crippen LogP contribution in [0.15, 0.2) is 44.4 Å². The number of ether oxygens (including phenoxy) is 2. The number of rotatable bonds is 4. The molecule has 9 heteroatoms. The van der Waals surface area contributed by atoms with Gasteiger partial charge in [0.05, 0.1) is 24.4 Å². The lowest BCUT2D eigenvalue weighted by Crippen LogP contribution is -2.22. The van der Waals surface area contributed by atoms with Crippen LogP contribution in [-0.2, 0) is 16.1 Å². The van der Waals surface area contributed by atoms with Crippen molar-refractivity contribution in [3.05, 3.63) is 45.6 Å². The fourth-order valence-electron chi connectivity index (χ4n) is 2.18. The van der Waals surface area contributed by atoms with Crippen molar-refractivity contribution in [2.45, 2.75) is 6.54 Å². The van der Waals surface area contributed by atoms with E-state index >= 15 is 0 Å². The van der Waals surface area contributed by atoms with Gasteiger partial charge in [-0.2, -0.15) is 4.99 Å². The number of amides is 1. The highest BCUT2D eigenvalue weighted by Crippen LogP contribution is 2.23. The molecule has 0 N–H and O–H groups in total. The Morgan fingerprint density at radius 3 is 2.72 bits per heavy atom. The molecule has 0 aliphatic heterocycles. The van der Waals surface area contributed by atoms with Crippen LogP contribution in [0, 0.1) is 0 Å². The van der Waals surface area contributed by atoms with E-state index in [0.29, 0.717) is 15.2 Å². The summed E-state index contributed by atoms with van der Waals surface area (Å²) in [6.45, 7) is -0.0587. The van der Waals surface area contributed by atoms with E-state index in [4.69, 9.17) is 13.9 Å². The molecule has 3 aromatic rings. The van der Waals surface area contributed by atoms with Crippen molar-refractivity contribution in [1.82, 2.24) is 4.57 Å². The number of halogens is 1. The van der Waals surface area contributed by atoms with Crippen molar-refractivity contribution in [1.29, 1.82) is 0 Å². The number of thiazole rings is 1. The minimum absolute atomic E-state index is 0.0587. The molecule has 0 aliphatic carbocycles. The van der Waals surface area contributed by atoms with Crippen LogP contribution in [0.25, 0.3) is 10.2 Å². The molecule has 0 aliphatic rings. The van der Waals surface area contributed by atoms with E-state index in [-0.39, 0.29) is 12.3 Å². The molecule has 0 atom stereocenters. The first-order valence-corrected chi connectivity index (χ1v) is 8.71. The molecule has 0 unspecified atom stereocenters. The minimum Gasteiger partial charge on any atom is -0.497 e. The predicted octanol–water partition coefficient (Wildman–Crippen LogP) is 2.98. The van der Waals surface area contributed by atoms with Crippen LogP contribution >= 0.6 is 27.3 Å². The zero-order valence-corrected chi connectivity index (χ0v) is 15.7. The van der Waals surface area contributed by atoms with Crippen LogP contribution in [0.1, 0.15) is 10.6 Å². The summed E-state index contributed by atoms with van der Waals surface area (Å²) in [6, 6.07) is 8.54. The molecule has 3 rings (SSSR count). The third-order valence-corrected chi connectivity index (χ3v) is 4.85. The molecule has 0 fully saturated rings. The lowest BCUT2D eigenvalue weighted by Gasteiger charge is -2.04. The number of aromatic nitrogens is 1. The average Bonchev–Trinajstić information content (AvgIpc) is 3.18. The van der Waals surface area contributed by atoms with Gasteiger partial charge in [0.1, 0.15) is 12.3 Å². The van der Waals surface area contributed by atoms with Gasteiger partial charge in [0.2, 0.25) is 0 Å². The molecule has 2 heterocycles. The molecular formula is C16H13BrN2O5S. The summed E-state index contributed by atoms with van der Waals surface area (Å²) in [5.74, 6) is -0.202. The quantitative estimate of drug-likeness (QED) is 0.601. The highest BCUT2D eigenvalue weighted by molar-refractivity contribution is 9.10. The van der Waals surface area contributed by atoms with Gasteiger partial charge in [0.25, 0.3) is 0 Å². The lowest BCUT2D eigenvalue weighted by molar-refractivity contribution is -0.141. The molecule has 1 amide bonds. The maximum absolute atomic E-state index is 12.3. The van der Waals surface area contributed by atoms with Crippen molar-refractivity contribution < 1.29 is 23.5 Å². The van der Waals surface area contributed by atoms with Gasteiger partial charge in [-0.15, -0.1) is 0 Å². The number of carbonyl (C=O) groups is 2. The standard InChI is InChI=1S/C16H13BrN2O5S/c1-22-9-3-4-10-12(7-9)25-16(19(10)8-14(20)23-2)18-15(21)11-5-6-13(17)24-11/h3-7H,8H2,1-2H3. The predicted molar refractivity (Wildman–Crippen MR) is 94.7 cm³/mol. The molecule has 130 valence electrons. The third kappa shape index (κ3) is 3.67. The van der Waals surface area contributed by atoms with Crippen molar-refractivity contribution in [3.63, 3.8) is 0 Å². The Bertz CT molecular complexity index is 1020. The van der Waals surface area contributed by atoms with Gasteiger partial charge in [0, 0.05) is 0 Å². The van der Waals surface area contributed by atoms with Gasteiger partial charge in [-0.3, -0.25) is 9.59 Å². The van der Waals surface area contributed by atoms with Crippen molar-refractivity contribution >= 4 is 49.4 Å². The van der Waals surface area contributed by atoms with E-state index in [1.54, 1.807) is 29.9 Å². The second kappa shape index (κ2) is 7.24. The van der Waals surface area contributed by atoms with Crippen LogP contribution in [-0.4, -0.2) is 30.7 Å². The Morgan fingerprint density at radius 2 is 2.08 bits per heavy atom. The van der Waals surface area contributed by atoms with Crippen molar-refractivity contribution in [2.75, 3.05) is 14.2 Å². The van der Waals surface area contributed by atoms with E-state index in [1.807, 2.05) is 6.07 Å². The Morgan fingerprint density at radius 1 is 1.28 bits per heavy atom. The summed E-state index contributed by atoms with van der Waals surface area (Å²) in [5, 5.41) is 0. The number of carbonyl (C=O) groups excluding carboxylic acids is 2. The zero-order valence-electron chi connectivity index (χ0n) is 13.3. The second-order valence-corrected chi connectivity index (χ2v) is 6.69. The van der Waals surface area contributed by atoms with E-state index in [2.05, 4.69) is 20.9 Å². The van der Waals surface area contributed by atoms with Gasteiger partial charge < -0.3 is 18.5 Å². The Kier molecular flexibility index (Phi) is 5.05. The van der Waals surface area contributed by atoms with Crippen LogP contribution < -0.4 is 9.54 Å². The number of hydrogen-bond donors (Lipinski definition) is 0. The van der Waals surface area contributed by atoms with E-state index in [1.165, 1.54) is 24.5 Å². The summed E-state index contributed by atoms with van der Waals surface area (Å²) < 4.78 is 18.1. The number of benzene rings is 1. The van der Waals surface area contributed by atoms with E-state index in [9.17, 15) is 9.59 Å². The molecule has 1 aromatic carbocycles. The topological polar surface area (TPSA) is 83.0 Å². The number of esters is 1. The van der Waals surface area contributed by atoms with Crippen LogP contribution in [0.4, 0.5) is 0 Å². The summed E-state index contributed by atoms with van der Waals surface area (Å²) in [6.07, 6.45) is 0. The van der Waals surface area contributed by atoms with Crippen LogP contribution in [0.5, 0.6) is 5.75 Å². The van der Waals surface area contributed by atoms with Crippen LogP contribution in [0.2, 0.25) is 0 Å². The first-order chi connectivity index (χ1) is 12.0. The smallest absolute Gasteiger partial charge is 0.325 e. The Balaban J connectivity index is 2.14. The average molecular weight is 425 g/mol. The summed E-state index contributed by atoms with van der Waals surface area (Å²) in [4.78, 5) is 28.5. The van der Waals surface area contributed by atoms with E-state index in [0.717, 1.165) is 10.2 Å². The Labute approximate surface area is 154 Å². The highest BCUT2D eigenvalue weighted by Gasteiger charge is 2.14. The van der Waals surface area contributed by atoms with Gasteiger partial charge in [-0.1, -0.05) is 11.3 Å². The molecular weight excluding hydrogens is 412 g/mol. The number of methoxy groups -OCH3 is 2. The SMILES string of the molecule is COC(=O)Cn1c(=NC(=O)c2ccc(Br)o2)sc2cc(OC)ccc21. The lowest BCUT2D eigenvalue weighted by atomic mass is 10.3. The van der Waals surface area contributed by atoms with Gasteiger partial charge in [0.15, 0.2) is 15.2 Å². The highest BCUT2D eigenvalue weighted by atomic mass is 79.9. The minimum atomic E-state index is -0.539. The van der Waals surface area contributed by atoms with Crippen LogP contribution in [0.3, 0.4) is 0 Å². The molecule has 0 bridgehead atoms. The number of hydrogen-bond acceptors (Lipinski definition) is 6. The first-order valence-electron chi connectivity index (χ1n) is 7.10. The largest absolute Gasteiger partial charge is 0.497 e. The summed E-state index contributed by atoms with van der Waals surface area (Å²) in [5.41, 5.74) is 0.753. The number of nitrogens with zero attached hydrogens (tertiary/aromatic N) is 2. The Hall–Kier alpha value is -2.39. The third-order valence-electron chi connectivity index (χ3n) is 3.39. The molecule has 2 aromatic heterocycles. The maximum atomic E-state index is 12.3. The fraction of sp³-hybridized carbons (Fsp3) is 0.188. The van der Waals surface area contributed by atoms with Crippen molar-refractivity contribution in [3.8, 4) is 5.75 Å². The van der Waals surface area contributed by atoms with Gasteiger partial charge in [-0.25, -0.2) is 0 Å². The molecule has 0 radical (unpaired) electrons. The fourth-order valence-corrected chi connectivity index (χ4v) is 3.55. The molecule has 0 saturated heterocycles. The molecule has 7 nitrogen and oxygen atoms in total. The van der Waals surface area contributed by atoms with Crippen molar-refractivity contribution in [2.24, 2.45) is 4.99 Å². The van der Waals surface area contributed by atoms with Gasteiger partial charge >= 0.3 is 11.9 Å². The number of furan rings is 1. The zero-order chi connectivity index (χ0) is 18.0. The maximum Gasteiger partial charge on any atom is 0.325 e. The molecule has 0 spiro atoms. The van der Waals surface area contributed by atoms with Gasteiger partial charge in [-0.05, 0) is 46.3 Å². The normalized spacial score (nSPS) is 11.7. The number of fused-ring (bicyclic) bond motifs is 1. The van der Waals surface area contributed by atoms with E-state index < -0.39 is 11.9 Å². The molecule has 0 saturated carbocycles. The molecule has 25 heavy (non-hydrogen) atoms.